The van der Waals surface area contributed by atoms with E-state index in [1.165, 1.54) is 6.07 Å². The van der Waals surface area contributed by atoms with Crippen molar-refractivity contribution in [3.05, 3.63) is 87.6 Å². The Morgan fingerprint density at radius 1 is 0.935 bits per heavy atom. The van der Waals surface area contributed by atoms with E-state index in [1.54, 1.807) is 62.8 Å². The van der Waals surface area contributed by atoms with Crippen molar-refractivity contribution < 1.29 is 28.5 Å². The average molecular weight is 481 g/mol. The number of benzene rings is 3. The van der Waals surface area contributed by atoms with Crippen molar-refractivity contribution in [2.75, 3.05) is 14.2 Å². The molecule has 0 saturated carbocycles. The number of esters is 1. The number of hydrogen-bond acceptors (Lipinski definition) is 6. The molecule has 0 saturated heterocycles. The van der Waals surface area contributed by atoms with Crippen molar-refractivity contribution in [2.45, 2.75) is 0 Å². The third-order valence-electron chi connectivity index (χ3n) is 4.66. The second-order valence-electron chi connectivity index (χ2n) is 6.60. The van der Waals surface area contributed by atoms with Crippen LogP contribution >= 0.6 is 15.9 Å². The first-order valence-electron chi connectivity index (χ1n) is 9.26. The van der Waals surface area contributed by atoms with Gasteiger partial charge in [-0.15, -0.1) is 0 Å². The average Bonchev–Trinajstić information content (AvgIpc) is 3.08. The minimum absolute atomic E-state index is 0.157. The summed E-state index contributed by atoms with van der Waals surface area (Å²) in [6.45, 7) is 0. The fourth-order valence-corrected chi connectivity index (χ4v) is 3.46. The van der Waals surface area contributed by atoms with E-state index in [9.17, 15) is 9.59 Å². The lowest BCUT2D eigenvalue weighted by molar-refractivity contribution is 0.0734. The van der Waals surface area contributed by atoms with E-state index >= 15 is 0 Å². The Kier molecular flexibility index (Phi) is 5.77. The van der Waals surface area contributed by atoms with Gasteiger partial charge in [0.05, 0.1) is 25.3 Å². The minimum Gasteiger partial charge on any atom is -0.497 e. The molecule has 0 N–H and O–H groups in total. The molecule has 0 atom stereocenters. The Balaban J connectivity index is 1.55. The van der Waals surface area contributed by atoms with Crippen LogP contribution in [0, 0.1) is 0 Å². The molecule has 156 valence electrons. The Bertz CT molecular complexity index is 1200. The SMILES string of the molecule is COc1ccc(C(=O)Oc2ccc3c(c2)OC(=Cc2cc(Br)ccc2OC)C3=O)cc1. The number of hydrogen-bond donors (Lipinski definition) is 0. The number of ether oxygens (including phenoxy) is 4. The van der Waals surface area contributed by atoms with Gasteiger partial charge in [-0.1, -0.05) is 15.9 Å². The second kappa shape index (κ2) is 8.65. The second-order valence-corrected chi connectivity index (χ2v) is 7.52. The molecule has 1 aliphatic heterocycles. The predicted molar refractivity (Wildman–Crippen MR) is 118 cm³/mol. The largest absolute Gasteiger partial charge is 0.497 e. The molecule has 0 amide bonds. The number of carbonyl (C=O) groups is 2. The van der Waals surface area contributed by atoms with Crippen LogP contribution in [0.1, 0.15) is 26.3 Å². The van der Waals surface area contributed by atoms with E-state index in [0.29, 0.717) is 33.9 Å². The van der Waals surface area contributed by atoms with Crippen molar-refractivity contribution in [2.24, 2.45) is 0 Å². The van der Waals surface area contributed by atoms with Crippen molar-refractivity contribution in [1.29, 1.82) is 0 Å². The molecule has 6 nitrogen and oxygen atoms in total. The number of Topliss-reactive ketones (excluding diaryl/α,β-unsaturated/α-hetero) is 1. The fraction of sp³-hybridized carbons (Fsp3) is 0.0833. The molecule has 1 aliphatic rings. The number of halogens is 1. The van der Waals surface area contributed by atoms with Gasteiger partial charge >= 0.3 is 5.97 Å². The highest BCUT2D eigenvalue weighted by atomic mass is 79.9. The lowest BCUT2D eigenvalue weighted by Gasteiger charge is -2.07. The lowest BCUT2D eigenvalue weighted by Crippen LogP contribution is -2.08. The molecule has 4 rings (SSSR count). The van der Waals surface area contributed by atoms with Gasteiger partial charge in [-0.25, -0.2) is 4.79 Å². The molecular formula is C24H17BrO6. The molecular weight excluding hydrogens is 464 g/mol. The van der Waals surface area contributed by atoms with E-state index in [-0.39, 0.29) is 17.3 Å². The summed E-state index contributed by atoms with van der Waals surface area (Å²) in [6.07, 6.45) is 1.62. The first-order valence-corrected chi connectivity index (χ1v) is 10.1. The van der Waals surface area contributed by atoms with Gasteiger partial charge in [-0.05, 0) is 60.7 Å². The highest BCUT2D eigenvalue weighted by molar-refractivity contribution is 9.10. The molecule has 0 aromatic heterocycles. The molecule has 7 heteroatoms. The Morgan fingerprint density at radius 3 is 2.39 bits per heavy atom. The first-order chi connectivity index (χ1) is 15.0. The molecule has 0 bridgehead atoms. The summed E-state index contributed by atoms with van der Waals surface area (Å²) >= 11 is 3.41. The summed E-state index contributed by atoms with van der Waals surface area (Å²) in [5.74, 6) is 1.22. The number of allylic oxidation sites excluding steroid dienone is 1. The van der Waals surface area contributed by atoms with Crippen molar-refractivity contribution in [3.8, 4) is 23.0 Å². The van der Waals surface area contributed by atoms with Crippen molar-refractivity contribution in [1.82, 2.24) is 0 Å². The summed E-state index contributed by atoms with van der Waals surface area (Å²) in [4.78, 5) is 25.1. The van der Waals surface area contributed by atoms with Crippen molar-refractivity contribution in [3.63, 3.8) is 0 Å². The summed E-state index contributed by atoms with van der Waals surface area (Å²) in [6, 6.07) is 16.7. The molecule has 3 aromatic rings. The maximum Gasteiger partial charge on any atom is 0.343 e. The van der Waals surface area contributed by atoms with Crippen LogP contribution in [-0.2, 0) is 0 Å². The third-order valence-corrected chi connectivity index (χ3v) is 5.15. The van der Waals surface area contributed by atoms with Gasteiger partial charge in [0.2, 0.25) is 5.78 Å². The van der Waals surface area contributed by atoms with Gasteiger partial charge in [0, 0.05) is 16.1 Å². The molecule has 31 heavy (non-hydrogen) atoms. The molecule has 0 fully saturated rings. The third kappa shape index (κ3) is 4.32. The Morgan fingerprint density at radius 2 is 1.68 bits per heavy atom. The van der Waals surface area contributed by atoms with Gasteiger partial charge in [0.25, 0.3) is 0 Å². The van der Waals surface area contributed by atoms with Gasteiger partial charge in [0.15, 0.2) is 5.76 Å². The summed E-state index contributed by atoms with van der Waals surface area (Å²) in [7, 11) is 3.11. The summed E-state index contributed by atoms with van der Waals surface area (Å²) in [5.41, 5.74) is 1.46. The van der Waals surface area contributed by atoms with Gasteiger partial charge < -0.3 is 18.9 Å². The van der Waals surface area contributed by atoms with E-state index in [1.807, 2.05) is 12.1 Å². The molecule has 0 radical (unpaired) electrons. The number of rotatable bonds is 5. The number of ketones is 1. The lowest BCUT2D eigenvalue weighted by atomic mass is 10.1. The van der Waals surface area contributed by atoms with E-state index < -0.39 is 5.97 Å². The van der Waals surface area contributed by atoms with Crippen molar-refractivity contribution >= 4 is 33.8 Å². The van der Waals surface area contributed by atoms with E-state index in [4.69, 9.17) is 18.9 Å². The molecule has 1 heterocycles. The van der Waals surface area contributed by atoms with Gasteiger partial charge in [-0.2, -0.15) is 0 Å². The van der Waals surface area contributed by atoms with Crippen LogP contribution in [0.3, 0.4) is 0 Å². The quantitative estimate of drug-likeness (QED) is 0.280. The molecule has 0 aliphatic carbocycles. The zero-order chi connectivity index (χ0) is 22.0. The number of fused-ring (bicyclic) bond motifs is 1. The molecule has 0 spiro atoms. The van der Waals surface area contributed by atoms with E-state index in [2.05, 4.69) is 15.9 Å². The zero-order valence-electron chi connectivity index (χ0n) is 16.7. The summed E-state index contributed by atoms with van der Waals surface area (Å²) in [5, 5.41) is 0. The van der Waals surface area contributed by atoms with Crippen LogP contribution in [-0.4, -0.2) is 26.0 Å². The van der Waals surface area contributed by atoms with Crippen LogP contribution in [0.4, 0.5) is 0 Å². The number of methoxy groups -OCH3 is 2. The predicted octanol–water partition coefficient (Wildman–Crippen LogP) is 5.30. The Hall–Kier alpha value is -3.58. The minimum atomic E-state index is -0.526. The Labute approximate surface area is 187 Å². The maximum atomic E-state index is 12.7. The smallest absolute Gasteiger partial charge is 0.343 e. The van der Waals surface area contributed by atoms with Crippen LogP contribution < -0.4 is 18.9 Å². The zero-order valence-corrected chi connectivity index (χ0v) is 18.3. The highest BCUT2D eigenvalue weighted by Gasteiger charge is 2.28. The van der Waals surface area contributed by atoms with Crippen LogP contribution in [0.25, 0.3) is 6.08 Å². The van der Waals surface area contributed by atoms with Crippen LogP contribution in [0.5, 0.6) is 23.0 Å². The first kappa shape index (κ1) is 20.7. The molecule has 0 unspecified atom stereocenters. The maximum absolute atomic E-state index is 12.7. The highest BCUT2D eigenvalue weighted by Crippen LogP contribution is 2.36. The van der Waals surface area contributed by atoms with Gasteiger partial charge in [-0.3, -0.25) is 4.79 Å². The fourth-order valence-electron chi connectivity index (χ4n) is 3.08. The van der Waals surface area contributed by atoms with Crippen LogP contribution in [0.15, 0.2) is 70.9 Å². The number of carbonyl (C=O) groups excluding carboxylic acids is 2. The van der Waals surface area contributed by atoms with Gasteiger partial charge in [0.1, 0.15) is 23.0 Å². The normalized spacial score (nSPS) is 13.5. The van der Waals surface area contributed by atoms with Crippen LogP contribution in [0.2, 0.25) is 0 Å². The standard InChI is InChI=1S/C24H17BrO6/c1-28-17-6-3-14(4-7-17)24(27)30-18-8-9-19-21(13-18)31-22(23(19)26)12-15-11-16(25)5-10-20(15)29-2/h3-13H,1-2H3. The van der Waals surface area contributed by atoms with E-state index in [0.717, 1.165) is 4.47 Å². The molecule has 3 aromatic carbocycles. The topological polar surface area (TPSA) is 71.1 Å². The summed E-state index contributed by atoms with van der Waals surface area (Å²) < 4.78 is 22.5. The monoisotopic (exact) mass is 480 g/mol.